The molecule has 1 saturated heterocycles. The smallest absolute Gasteiger partial charge is 0.0419 e. The van der Waals surface area contributed by atoms with Crippen LogP contribution in [0.25, 0.3) is 0 Å². The number of hydrogen-bond acceptors (Lipinski definition) is 4. The third kappa shape index (κ3) is 4.50. The van der Waals surface area contributed by atoms with Gasteiger partial charge in [0.15, 0.2) is 0 Å². The highest BCUT2D eigenvalue weighted by atomic mass is 15.3. The quantitative estimate of drug-likeness (QED) is 0.858. The summed E-state index contributed by atoms with van der Waals surface area (Å²) in [5.74, 6) is 0. The number of rotatable bonds is 6. The summed E-state index contributed by atoms with van der Waals surface area (Å²) in [7, 11) is 4.47. The Balaban J connectivity index is 2.06. The predicted octanol–water partition coefficient (Wildman–Crippen LogP) is 1.41. The van der Waals surface area contributed by atoms with E-state index in [4.69, 9.17) is 0 Å². The van der Waals surface area contributed by atoms with Crippen LogP contribution in [0, 0.1) is 0 Å². The van der Waals surface area contributed by atoms with Crippen LogP contribution < -0.4 is 5.32 Å². The third-order valence-corrected chi connectivity index (χ3v) is 4.55. The van der Waals surface area contributed by atoms with Crippen LogP contribution >= 0.6 is 0 Å². The maximum atomic E-state index is 4.64. The Morgan fingerprint density at radius 2 is 2.10 bits per heavy atom. The normalized spacial score (nSPS) is 22.4. The Hall–Kier alpha value is -0.970. The van der Waals surface area contributed by atoms with Gasteiger partial charge in [-0.3, -0.25) is 9.88 Å². The Morgan fingerprint density at radius 1 is 1.29 bits per heavy atom. The molecular weight excluding hydrogens is 260 g/mol. The first kappa shape index (κ1) is 16.4. The molecule has 1 aliphatic rings. The van der Waals surface area contributed by atoms with E-state index in [0.29, 0.717) is 12.1 Å². The van der Waals surface area contributed by atoms with E-state index in [1.807, 2.05) is 6.20 Å². The highest BCUT2D eigenvalue weighted by Gasteiger charge is 2.29. The molecule has 1 aromatic rings. The van der Waals surface area contributed by atoms with E-state index < -0.39 is 0 Å². The maximum Gasteiger partial charge on any atom is 0.0419 e. The van der Waals surface area contributed by atoms with Gasteiger partial charge < -0.3 is 10.2 Å². The van der Waals surface area contributed by atoms with Gasteiger partial charge in [0.2, 0.25) is 0 Å². The number of piperazine rings is 1. The molecule has 0 spiro atoms. The molecule has 0 saturated carbocycles. The van der Waals surface area contributed by atoms with E-state index in [-0.39, 0.29) is 0 Å². The molecule has 1 aliphatic heterocycles. The lowest BCUT2D eigenvalue weighted by Gasteiger charge is -2.42. The van der Waals surface area contributed by atoms with Crippen molar-refractivity contribution in [2.75, 3.05) is 40.3 Å². The molecule has 0 radical (unpaired) electrons. The molecule has 1 N–H and O–H groups in total. The van der Waals surface area contributed by atoms with Crippen LogP contribution in [0.3, 0.4) is 0 Å². The van der Waals surface area contributed by atoms with Gasteiger partial charge in [0.25, 0.3) is 0 Å². The van der Waals surface area contributed by atoms with Crippen LogP contribution in [0.2, 0.25) is 0 Å². The number of likely N-dealkylation sites (N-methyl/N-ethyl adjacent to an activating group) is 3. The number of nitrogens with one attached hydrogen (secondary N) is 1. The fraction of sp³-hybridized carbons (Fsp3) is 0.706. The highest BCUT2D eigenvalue weighted by Crippen LogP contribution is 2.14. The number of hydrogen-bond donors (Lipinski definition) is 1. The van der Waals surface area contributed by atoms with Crippen molar-refractivity contribution in [2.24, 2.45) is 0 Å². The summed E-state index contributed by atoms with van der Waals surface area (Å²) in [5.41, 5.74) is 2.51. The molecular formula is C17H30N4. The fourth-order valence-corrected chi connectivity index (χ4v) is 3.10. The highest BCUT2D eigenvalue weighted by molar-refractivity contribution is 5.15. The van der Waals surface area contributed by atoms with Gasteiger partial charge in [-0.05, 0) is 38.7 Å². The van der Waals surface area contributed by atoms with E-state index >= 15 is 0 Å². The first-order valence-electron chi connectivity index (χ1n) is 8.20. The van der Waals surface area contributed by atoms with Gasteiger partial charge in [-0.2, -0.15) is 0 Å². The second-order valence-corrected chi connectivity index (χ2v) is 6.19. The van der Waals surface area contributed by atoms with Crippen molar-refractivity contribution in [2.45, 2.75) is 38.8 Å². The lowest BCUT2D eigenvalue weighted by molar-refractivity contribution is 0.0878. The van der Waals surface area contributed by atoms with Crippen LogP contribution in [-0.2, 0) is 12.8 Å². The summed E-state index contributed by atoms with van der Waals surface area (Å²) in [4.78, 5) is 9.57. The molecule has 0 amide bonds. The van der Waals surface area contributed by atoms with E-state index in [1.165, 1.54) is 11.3 Å². The lowest BCUT2D eigenvalue weighted by atomic mass is 9.98. The minimum absolute atomic E-state index is 0.461. The summed E-state index contributed by atoms with van der Waals surface area (Å²) < 4.78 is 0. The minimum atomic E-state index is 0.461. The molecule has 4 heteroatoms. The van der Waals surface area contributed by atoms with Crippen molar-refractivity contribution in [1.82, 2.24) is 20.1 Å². The summed E-state index contributed by atoms with van der Waals surface area (Å²) in [6, 6.07) is 5.41. The zero-order valence-electron chi connectivity index (χ0n) is 14.0. The monoisotopic (exact) mass is 290 g/mol. The van der Waals surface area contributed by atoms with Crippen LogP contribution in [0.4, 0.5) is 0 Å². The minimum Gasteiger partial charge on any atom is -0.312 e. The van der Waals surface area contributed by atoms with Crippen molar-refractivity contribution in [3.05, 3.63) is 29.6 Å². The molecule has 0 bridgehead atoms. The molecule has 4 nitrogen and oxygen atoms in total. The average molecular weight is 290 g/mol. The second-order valence-electron chi connectivity index (χ2n) is 6.19. The molecule has 118 valence electrons. The molecule has 2 unspecified atom stereocenters. The Morgan fingerprint density at radius 3 is 2.71 bits per heavy atom. The Labute approximate surface area is 129 Å². The van der Waals surface area contributed by atoms with Crippen molar-refractivity contribution in [3.63, 3.8) is 0 Å². The van der Waals surface area contributed by atoms with E-state index in [0.717, 1.165) is 39.0 Å². The van der Waals surface area contributed by atoms with E-state index in [1.54, 1.807) is 0 Å². The van der Waals surface area contributed by atoms with Gasteiger partial charge in [0.05, 0.1) is 0 Å². The van der Waals surface area contributed by atoms with Gasteiger partial charge in [-0.1, -0.05) is 19.9 Å². The SMILES string of the molecule is CCNC(Cc1ccc(CC)cn1)C1CN(C)CCN1C. The molecule has 2 rings (SSSR count). The lowest BCUT2D eigenvalue weighted by Crippen LogP contribution is -2.59. The molecule has 1 fully saturated rings. The number of aromatic nitrogens is 1. The van der Waals surface area contributed by atoms with Crippen molar-refractivity contribution < 1.29 is 0 Å². The largest absolute Gasteiger partial charge is 0.312 e. The molecule has 2 atom stereocenters. The molecule has 0 aliphatic carbocycles. The van der Waals surface area contributed by atoms with E-state index in [9.17, 15) is 0 Å². The number of nitrogens with zero attached hydrogens (tertiary/aromatic N) is 3. The zero-order valence-corrected chi connectivity index (χ0v) is 14.0. The zero-order chi connectivity index (χ0) is 15.2. The second kappa shape index (κ2) is 7.87. The van der Waals surface area contributed by atoms with Crippen molar-refractivity contribution in [3.8, 4) is 0 Å². The molecule has 21 heavy (non-hydrogen) atoms. The Bertz CT molecular complexity index is 417. The first-order chi connectivity index (χ1) is 10.1. The molecule has 1 aromatic heterocycles. The van der Waals surface area contributed by atoms with Crippen LogP contribution in [0.5, 0.6) is 0 Å². The van der Waals surface area contributed by atoms with Gasteiger partial charge in [-0.15, -0.1) is 0 Å². The van der Waals surface area contributed by atoms with Gasteiger partial charge in [0.1, 0.15) is 0 Å². The van der Waals surface area contributed by atoms with E-state index in [2.05, 4.69) is 60.2 Å². The topological polar surface area (TPSA) is 31.4 Å². The van der Waals surface area contributed by atoms with Gasteiger partial charge >= 0.3 is 0 Å². The van der Waals surface area contributed by atoms with Crippen molar-refractivity contribution in [1.29, 1.82) is 0 Å². The van der Waals surface area contributed by atoms with Crippen LogP contribution in [-0.4, -0.2) is 67.1 Å². The van der Waals surface area contributed by atoms with Gasteiger partial charge in [-0.25, -0.2) is 0 Å². The number of pyridine rings is 1. The van der Waals surface area contributed by atoms with Crippen LogP contribution in [0.15, 0.2) is 18.3 Å². The summed E-state index contributed by atoms with van der Waals surface area (Å²) in [6.07, 6.45) is 4.08. The first-order valence-corrected chi connectivity index (χ1v) is 8.20. The molecule has 0 aromatic carbocycles. The summed E-state index contributed by atoms with van der Waals surface area (Å²) in [6.45, 7) is 8.80. The maximum absolute atomic E-state index is 4.64. The fourth-order valence-electron chi connectivity index (χ4n) is 3.10. The summed E-state index contributed by atoms with van der Waals surface area (Å²) in [5, 5.41) is 3.67. The Kier molecular flexibility index (Phi) is 6.15. The predicted molar refractivity (Wildman–Crippen MR) is 88.7 cm³/mol. The molecule has 2 heterocycles. The van der Waals surface area contributed by atoms with Crippen molar-refractivity contribution >= 4 is 0 Å². The number of aryl methyl sites for hydroxylation is 1. The average Bonchev–Trinajstić information content (AvgIpc) is 2.50. The summed E-state index contributed by atoms with van der Waals surface area (Å²) >= 11 is 0. The van der Waals surface area contributed by atoms with Gasteiger partial charge in [0, 0.05) is 50.0 Å². The van der Waals surface area contributed by atoms with Crippen LogP contribution in [0.1, 0.15) is 25.1 Å². The standard InChI is InChI=1S/C17H30N4/c1-5-14-7-8-15(19-12-14)11-16(18-6-2)17-13-20(3)9-10-21(17)4/h7-8,12,16-18H,5-6,9-11,13H2,1-4H3. The third-order valence-electron chi connectivity index (χ3n) is 4.55.